The molecule has 0 unspecified atom stereocenters. The number of esters is 2. The predicted molar refractivity (Wildman–Crippen MR) is 172 cm³/mol. The second kappa shape index (κ2) is 30.9. The Balaban J connectivity index is 3.20. The highest BCUT2D eigenvalue weighted by Gasteiger charge is 2.04. The SMILES string of the molecule is CC(C)CCCCCOC(=O)CCCCCCCCCCCCCCCCCCC(=O)OCCCCCC(C)C. The zero-order chi connectivity index (χ0) is 29.5. The second-order valence-corrected chi connectivity index (χ2v) is 13.1. The minimum Gasteiger partial charge on any atom is -0.466 e. The van der Waals surface area contributed by atoms with E-state index >= 15 is 0 Å². The molecule has 0 atom stereocenters. The molecular formula is C36H70O4. The first kappa shape index (κ1) is 38.9. The monoisotopic (exact) mass is 567 g/mol. The smallest absolute Gasteiger partial charge is 0.305 e. The van der Waals surface area contributed by atoms with E-state index in [9.17, 15) is 9.59 Å². The van der Waals surface area contributed by atoms with E-state index < -0.39 is 0 Å². The van der Waals surface area contributed by atoms with E-state index in [0.29, 0.717) is 26.1 Å². The molecule has 0 aliphatic carbocycles. The molecule has 0 bridgehead atoms. The lowest BCUT2D eigenvalue weighted by atomic mass is 10.0. The molecule has 0 rings (SSSR count). The fourth-order valence-electron chi connectivity index (χ4n) is 5.19. The van der Waals surface area contributed by atoms with Gasteiger partial charge < -0.3 is 9.47 Å². The van der Waals surface area contributed by atoms with Crippen LogP contribution >= 0.6 is 0 Å². The van der Waals surface area contributed by atoms with Crippen LogP contribution in [0.15, 0.2) is 0 Å². The summed E-state index contributed by atoms with van der Waals surface area (Å²) >= 11 is 0. The van der Waals surface area contributed by atoms with E-state index in [-0.39, 0.29) is 11.9 Å². The highest BCUT2D eigenvalue weighted by molar-refractivity contribution is 5.69. The second-order valence-electron chi connectivity index (χ2n) is 13.1. The Kier molecular flexibility index (Phi) is 30.1. The van der Waals surface area contributed by atoms with Gasteiger partial charge in [-0.25, -0.2) is 0 Å². The first-order chi connectivity index (χ1) is 19.4. The van der Waals surface area contributed by atoms with Crippen molar-refractivity contribution < 1.29 is 19.1 Å². The van der Waals surface area contributed by atoms with Gasteiger partial charge in [-0.05, 0) is 37.5 Å². The van der Waals surface area contributed by atoms with Crippen molar-refractivity contribution in [2.45, 2.75) is 195 Å². The van der Waals surface area contributed by atoms with Crippen LogP contribution in [-0.4, -0.2) is 25.2 Å². The quantitative estimate of drug-likeness (QED) is 0.0618. The molecule has 0 aliphatic heterocycles. The van der Waals surface area contributed by atoms with E-state index in [0.717, 1.165) is 50.4 Å². The van der Waals surface area contributed by atoms with Crippen molar-refractivity contribution in [3.63, 3.8) is 0 Å². The summed E-state index contributed by atoms with van der Waals surface area (Å²) in [7, 11) is 0. The van der Waals surface area contributed by atoms with E-state index in [4.69, 9.17) is 9.47 Å². The zero-order valence-electron chi connectivity index (χ0n) is 27.6. The van der Waals surface area contributed by atoms with E-state index in [2.05, 4.69) is 27.7 Å². The molecule has 0 aromatic carbocycles. The summed E-state index contributed by atoms with van der Waals surface area (Å²) in [6, 6.07) is 0. The normalized spacial score (nSPS) is 11.4. The van der Waals surface area contributed by atoms with E-state index in [1.807, 2.05) is 0 Å². The number of carbonyl (C=O) groups excluding carboxylic acids is 2. The van der Waals surface area contributed by atoms with Gasteiger partial charge in [-0.3, -0.25) is 9.59 Å². The summed E-state index contributed by atoms with van der Waals surface area (Å²) in [6.45, 7) is 10.2. The standard InChI is InChI=1S/C36H70O4/c1-33(2)27-21-19-25-31-39-35(37)29-23-17-15-13-11-9-7-5-6-8-10-12-14-16-18-24-30-36(38)40-32-26-20-22-28-34(3)4/h33-34H,5-32H2,1-4H3. The van der Waals surface area contributed by atoms with Gasteiger partial charge in [0.2, 0.25) is 0 Å². The predicted octanol–water partition coefficient (Wildman–Crippen LogP) is 11.5. The van der Waals surface area contributed by atoms with Crippen molar-refractivity contribution in [3.8, 4) is 0 Å². The maximum absolute atomic E-state index is 11.8. The van der Waals surface area contributed by atoms with Crippen LogP contribution in [0.2, 0.25) is 0 Å². The maximum Gasteiger partial charge on any atom is 0.305 e. The Morgan fingerprint density at radius 2 is 0.625 bits per heavy atom. The minimum absolute atomic E-state index is 0.000627. The molecular weight excluding hydrogens is 496 g/mol. The lowest BCUT2D eigenvalue weighted by Crippen LogP contribution is -2.05. The number of hydrogen-bond acceptors (Lipinski definition) is 4. The van der Waals surface area contributed by atoms with Gasteiger partial charge in [-0.2, -0.15) is 0 Å². The molecule has 40 heavy (non-hydrogen) atoms. The number of hydrogen-bond donors (Lipinski definition) is 0. The van der Waals surface area contributed by atoms with Gasteiger partial charge in [0.1, 0.15) is 0 Å². The van der Waals surface area contributed by atoms with Gasteiger partial charge in [0, 0.05) is 12.8 Å². The van der Waals surface area contributed by atoms with Crippen molar-refractivity contribution in [1.29, 1.82) is 0 Å². The Morgan fingerprint density at radius 1 is 0.375 bits per heavy atom. The molecule has 4 heteroatoms. The van der Waals surface area contributed by atoms with Gasteiger partial charge in [-0.1, -0.05) is 156 Å². The fraction of sp³-hybridized carbons (Fsp3) is 0.944. The number of carbonyl (C=O) groups is 2. The first-order valence-corrected chi connectivity index (χ1v) is 17.7. The van der Waals surface area contributed by atoms with Crippen molar-refractivity contribution in [2.75, 3.05) is 13.2 Å². The van der Waals surface area contributed by atoms with Crippen LogP contribution in [0.1, 0.15) is 195 Å². The fourth-order valence-corrected chi connectivity index (χ4v) is 5.19. The van der Waals surface area contributed by atoms with Crippen LogP contribution in [0.4, 0.5) is 0 Å². The van der Waals surface area contributed by atoms with Crippen molar-refractivity contribution >= 4 is 11.9 Å². The molecule has 0 saturated carbocycles. The molecule has 0 heterocycles. The van der Waals surface area contributed by atoms with Crippen molar-refractivity contribution in [3.05, 3.63) is 0 Å². The zero-order valence-corrected chi connectivity index (χ0v) is 27.6. The van der Waals surface area contributed by atoms with E-state index in [1.54, 1.807) is 0 Å². The summed E-state index contributed by atoms with van der Waals surface area (Å²) in [4.78, 5) is 23.6. The number of unbranched alkanes of at least 4 members (excludes halogenated alkanes) is 19. The van der Waals surface area contributed by atoms with Gasteiger partial charge in [0.25, 0.3) is 0 Å². The third-order valence-electron chi connectivity index (χ3n) is 7.89. The minimum atomic E-state index is -0.000627. The third-order valence-corrected chi connectivity index (χ3v) is 7.89. The third kappa shape index (κ3) is 33.1. The van der Waals surface area contributed by atoms with Gasteiger partial charge in [-0.15, -0.1) is 0 Å². The summed E-state index contributed by atoms with van der Waals surface area (Å²) < 4.78 is 10.7. The molecule has 0 aromatic rings. The Hall–Kier alpha value is -1.06. The molecule has 4 nitrogen and oxygen atoms in total. The van der Waals surface area contributed by atoms with Gasteiger partial charge in [0.15, 0.2) is 0 Å². The molecule has 0 amide bonds. The Labute approximate surface area is 250 Å². The lowest BCUT2D eigenvalue weighted by Gasteiger charge is -2.06. The van der Waals surface area contributed by atoms with Crippen LogP contribution in [0.25, 0.3) is 0 Å². The largest absolute Gasteiger partial charge is 0.466 e. The summed E-state index contributed by atoms with van der Waals surface area (Å²) in [5.74, 6) is 1.54. The maximum atomic E-state index is 11.8. The number of rotatable bonds is 31. The Bertz CT molecular complexity index is 495. The average Bonchev–Trinajstić information content (AvgIpc) is 2.91. The Morgan fingerprint density at radius 3 is 0.900 bits per heavy atom. The molecule has 0 aromatic heterocycles. The molecule has 0 aliphatic rings. The first-order valence-electron chi connectivity index (χ1n) is 17.7. The summed E-state index contributed by atoms with van der Waals surface area (Å²) in [5, 5.41) is 0. The van der Waals surface area contributed by atoms with Crippen LogP contribution < -0.4 is 0 Å². The highest BCUT2D eigenvalue weighted by Crippen LogP contribution is 2.15. The van der Waals surface area contributed by atoms with Crippen LogP contribution in [0, 0.1) is 11.8 Å². The van der Waals surface area contributed by atoms with Crippen LogP contribution in [-0.2, 0) is 19.1 Å². The average molecular weight is 567 g/mol. The summed E-state index contributed by atoms with van der Waals surface area (Å²) in [6.07, 6.45) is 30.9. The molecule has 0 spiro atoms. The molecule has 238 valence electrons. The molecule has 0 saturated heterocycles. The van der Waals surface area contributed by atoms with Gasteiger partial charge in [0.05, 0.1) is 13.2 Å². The summed E-state index contributed by atoms with van der Waals surface area (Å²) in [5.41, 5.74) is 0. The molecule has 0 radical (unpaired) electrons. The number of ether oxygens (including phenoxy) is 2. The lowest BCUT2D eigenvalue weighted by molar-refractivity contribution is -0.144. The van der Waals surface area contributed by atoms with Crippen molar-refractivity contribution in [2.24, 2.45) is 11.8 Å². The van der Waals surface area contributed by atoms with Crippen LogP contribution in [0.5, 0.6) is 0 Å². The van der Waals surface area contributed by atoms with Gasteiger partial charge >= 0.3 is 11.9 Å². The highest BCUT2D eigenvalue weighted by atomic mass is 16.5. The topological polar surface area (TPSA) is 52.6 Å². The molecule has 0 fully saturated rings. The van der Waals surface area contributed by atoms with Crippen LogP contribution in [0.3, 0.4) is 0 Å². The molecule has 0 N–H and O–H groups in total. The van der Waals surface area contributed by atoms with E-state index in [1.165, 1.54) is 116 Å². The van der Waals surface area contributed by atoms with Crippen molar-refractivity contribution in [1.82, 2.24) is 0 Å².